The zero-order valence-corrected chi connectivity index (χ0v) is 20.7. The Morgan fingerprint density at radius 3 is 2.88 bits per heavy atom. The van der Waals surface area contributed by atoms with Crippen LogP contribution >= 0.6 is 0 Å². The molecule has 2 atom stereocenters. The van der Waals surface area contributed by atoms with Crippen LogP contribution in [-0.2, 0) is 22.4 Å². The highest BCUT2D eigenvalue weighted by Gasteiger charge is 2.32. The lowest BCUT2D eigenvalue weighted by Gasteiger charge is -2.34. The van der Waals surface area contributed by atoms with E-state index in [1.807, 2.05) is 25.1 Å². The zero-order chi connectivity index (χ0) is 24.0. The van der Waals surface area contributed by atoms with Crippen LogP contribution in [0.15, 0.2) is 24.3 Å². The topological polar surface area (TPSA) is 85.1 Å². The normalized spacial score (nSPS) is 22.8. The van der Waals surface area contributed by atoms with Gasteiger partial charge in [-0.3, -0.25) is 14.7 Å². The lowest BCUT2D eigenvalue weighted by atomic mass is 9.73. The van der Waals surface area contributed by atoms with Gasteiger partial charge in [0, 0.05) is 47.4 Å². The Bertz CT molecular complexity index is 1240. The van der Waals surface area contributed by atoms with Gasteiger partial charge in [0.05, 0.1) is 5.69 Å². The van der Waals surface area contributed by atoms with E-state index in [0.717, 1.165) is 53.7 Å². The molecule has 5 rings (SSSR count). The fourth-order valence-corrected chi connectivity index (χ4v) is 5.47. The molecule has 1 saturated heterocycles. The number of piperidine rings is 1. The van der Waals surface area contributed by atoms with Crippen molar-refractivity contribution in [3.8, 4) is 11.4 Å². The van der Waals surface area contributed by atoms with Crippen molar-refractivity contribution < 1.29 is 9.59 Å². The maximum Gasteiger partial charge on any atom is 0.246 e. The molecule has 2 aliphatic rings. The van der Waals surface area contributed by atoms with Gasteiger partial charge in [0.15, 0.2) is 0 Å². The Hall–Kier alpha value is -3.09. The number of benzene rings is 1. The molecular weight excluding hydrogens is 426 g/mol. The molecule has 0 radical (unpaired) electrons. The van der Waals surface area contributed by atoms with Crippen LogP contribution in [0.3, 0.4) is 0 Å². The molecule has 0 saturated carbocycles. The van der Waals surface area contributed by atoms with Crippen LogP contribution in [0.25, 0.3) is 22.3 Å². The van der Waals surface area contributed by atoms with Crippen LogP contribution in [-0.4, -0.2) is 51.5 Å². The first-order valence-corrected chi connectivity index (χ1v) is 12.5. The van der Waals surface area contributed by atoms with Crippen molar-refractivity contribution >= 4 is 28.4 Å². The largest absolute Gasteiger partial charge is 0.353 e. The van der Waals surface area contributed by atoms with E-state index in [4.69, 9.17) is 0 Å². The highest BCUT2D eigenvalue weighted by Crippen LogP contribution is 2.40. The minimum atomic E-state index is -0.0754. The van der Waals surface area contributed by atoms with E-state index in [-0.39, 0.29) is 24.4 Å². The number of H-pyrrole nitrogens is 2. The van der Waals surface area contributed by atoms with Gasteiger partial charge in [0.25, 0.3) is 0 Å². The molecule has 7 heteroatoms. The molecule has 2 N–H and O–H groups in total. The summed E-state index contributed by atoms with van der Waals surface area (Å²) in [5.41, 5.74) is 6.73. The summed E-state index contributed by atoms with van der Waals surface area (Å²) in [5, 5.41) is 9.05. The minimum absolute atomic E-state index is 0.0754. The van der Waals surface area contributed by atoms with E-state index in [9.17, 15) is 9.59 Å². The average Bonchev–Trinajstić information content (AvgIpc) is 3.43. The van der Waals surface area contributed by atoms with E-state index in [1.165, 1.54) is 24.1 Å². The van der Waals surface area contributed by atoms with E-state index < -0.39 is 0 Å². The summed E-state index contributed by atoms with van der Waals surface area (Å²) in [6.07, 6.45) is 6.83. The molecule has 0 bridgehead atoms. The second-order valence-corrected chi connectivity index (χ2v) is 10.5. The van der Waals surface area contributed by atoms with Crippen molar-refractivity contribution in [1.29, 1.82) is 0 Å². The first-order chi connectivity index (χ1) is 16.3. The summed E-state index contributed by atoms with van der Waals surface area (Å²) in [6, 6.07) is 8.26. The van der Waals surface area contributed by atoms with Crippen LogP contribution in [0, 0.1) is 5.41 Å². The SMILES string of the molecule is CCC1(C)CCc2c(-c3cc4ccc(N(C)C(=O)CN5C(=O)CCC[C@H]5C)cc4[nH]3)n[nH]c2C1. The predicted octanol–water partition coefficient (Wildman–Crippen LogP) is 4.83. The van der Waals surface area contributed by atoms with Crippen molar-refractivity contribution in [2.75, 3.05) is 18.5 Å². The lowest BCUT2D eigenvalue weighted by molar-refractivity contribution is -0.139. The molecule has 1 unspecified atom stereocenters. The standard InChI is InChI=1S/C27H35N5O2/c1-5-27(3)12-11-20-23(15-27)29-30-26(20)22-13-18-9-10-19(14-21(18)28-22)31(4)25(34)16-32-17(2)7-6-8-24(32)33/h9-10,13-14,17,28H,5-8,11-12,15-16H2,1-4H3,(H,29,30)/t17-,27?/m1/s1. The molecule has 1 fully saturated rings. The Morgan fingerprint density at radius 1 is 1.29 bits per heavy atom. The second kappa shape index (κ2) is 8.60. The molecule has 3 aromatic rings. The molecular formula is C27H35N5O2. The third-order valence-electron chi connectivity index (χ3n) is 8.18. The van der Waals surface area contributed by atoms with E-state index >= 15 is 0 Å². The predicted molar refractivity (Wildman–Crippen MR) is 135 cm³/mol. The number of likely N-dealkylation sites (N-methyl/N-ethyl adjacent to an activating group) is 1. The first kappa shape index (κ1) is 22.7. The molecule has 1 aliphatic carbocycles. The van der Waals surface area contributed by atoms with Crippen molar-refractivity contribution in [2.45, 2.75) is 71.8 Å². The van der Waals surface area contributed by atoms with Gasteiger partial charge >= 0.3 is 0 Å². The molecule has 2 aromatic heterocycles. The number of nitrogens with zero attached hydrogens (tertiary/aromatic N) is 3. The van der Waals surface area contributed by atoms with Gasteiger partial charge in [-0.1, -0.05) is 26.3 Å². The van der Waals surface area contributed by atoms with E-state index in [0.29, 0.717) is 11.8 Å². The van der Waals surface area contributed by atoms with Crippen LogP contribution in [0.2, 0.25) is 0 Å². The highest BCUT2D eigenvalue weighted by atomic mass is 16.2. The molecule has 0 spiro atoms. The number of fused-ring (bicyclic) bond motifs is 2. The van der Waals surface area contributed by atoms with Gasteiger partial charge in [-0.15, -0.1) is 0 Å². The summed E-state index contributed by atoms with van der Waals surface area (Å²) < 4.78 is 0. The van der Waals surface area contributed by atoms with Crippen LogP contribution < -0.4 is 4.90 Å². The van der Waals surface area contributed by atoms with E-state index in [1.54, 1.807) is 16.8 Å². The smallest absolute Gasteiger partial charge is 0.246 e. The van der Waals surface area contributed by atoms with Gasteiger partial charge in [0.2, 0.25) is 11.8 Å². The highest BCUT2D eigenvalue weighted by molar-refractivity contribution is 5.98. The summed E-state index contributed by atoms with van der Waals surface area (Å²) in [6.45, 7) is 6.78. The Labute approximate surface area is 200 Å². The molecule has 34 heavy (non-hydrogen) atoms. The number of hydrogen-bond acceptors (Lipinski definition) is 3. The number of aromatic amines is 2. The molecule has 1 aromatic carbocycles. The van der Waals surface area contributed by atoms with Gasteiger partial charge < -0.3 is 14.8 Å². The number of aromatic nitrogens is 3. The van der Waals surface area contributed by atoms with Gasteiger partial charge in [-0.2, -0.15) is 5.10 Å². The number of hydrogen-bond donors (Lipinski definition) is 2. The van der Waals surface area contributed by atoms with Crippen LogP contribution in [0.1, 0.15) is 64.1 Å². The second-order valence-electron chi connectivity index (χ2n) is 10.5. The number of amides is 2. The summed E-state index contributed by atoms with van der Waals surface area (Å²) in [5.74, 6) is 0.000112. The van der Waals surface area contributed by atoms with Crippen molar-refractivity contribution in [1.82, 2.24) is 20.1 Å². The van der Waals surface area contributed by atoms with Crippen LogP contribution in [0.5, 0.6) is 0 Å². The van der Waals surface area contributed by atoms with E-state index in [2.05, 4.69) is 35.1 Å². The average molecular weight is 462 g/mol. The number of nitrogens with one attached hydrogen (secondary N) is 2. The Balaban J connectivity index is 1.36. The number of carbonyl (C=O) groups excluding carboxylic acids is 2. The summed E-state index contributed by atoms with van der Waals surface area (Å²) in [7, 11) is 1.78. The Kier molecular flexibility index (Phi) is 5.74. The fourth-order valence-electron chi connectivity index (χ4n) is 5.47. The van der Waals surface area contributed by atoms with Crippen molar-refractivity contribution in [3.63, 3.8) is 0 Å². The molecule has 2 amide bonds. The van der Waals surface area contributed by atoms with Gasteiger partial charge in [0.1, 0.15) is 12.2 Å². The number of rotatable bonds is 5. The van der Waals surface area contributed by atoms with Gasteiger partial charge in [-0.25, -0.2) is 0 Å². The van der Waals surface area contributed by atoms with Crippen LogP contribution in [0.4, 0.5) is 5.69 Å². The third kappa shape index (κ3) is 4.01. The van der Waals surface area contributed by atoms with Gasteiger partial charge in [-0.05, 0) is 62.6 Å². The lowest BCUT2D eigenvalue weighted by Crippen LogP contribution is -2.47. The molecule has 1 aliphatic heterocycles. The van der Waals surface area contributed by atoms with Crippen molar-refractivity contribution in [2.24, 2.45) is 5.41 Å². The maximum absolute atomic E-state index is 13.0. The first-order valence-electron chi connectivity index (χ1n) is 12.5. The Morgan fingerprint density at radius 2 is 2.12 bits per heavy atom. The maximum atomic E-state index is 13.0. The zero-order valence-electron chi connectivity index (χ0n) is 20.7. The number of likely N-dealkylation sites (tertiary alicyclic amines) is 1. The third-order valence-corrected chi connectivity index (χ3v) is 8.18. The van der Waals surface area contributed by atoms with Crippen molar-refractivity contribution in [3.05, 3.63) is 35.5 Å². The fraction of sp³-hybridized carbons (Fsp3) is 0.519. The molecule has 180 valence electrons. The minimum Gasteiger partial charge on any atom is -0.353 e. The number of carbonyl (C=O) groups is 2. The monoisotopic (exact) mass is 461 g/mol. The molecule has 3 heterocycles. The number of anilines is 1. The summed E-state index contributed by atoms with van der Waals surface area (Å²) in [4.78, 5) is 32.2. The summed E-state index contributed by atoms with van der Waals surface area (Å²) >= 11 is 0. The molecule has 7 nitrogen and oxygen atoms in total. The quantitative estimate of drug-likeness (QED) is 0.571.